The predicted molar refractivity (Wildman–Crippen MR) is 69.9 cm³/mol. The maximum atomic E-state index is 13.2. The van der Waals surface area contributed by atoms with Crippen molar-refractivity contribution in [3.05, 3.63) is 35.8 Å². The van der Waals surface area contributed by atoms with E-state index in [-0.39, 0.29) is 17.8 Å². The molecule has 96 valence electrons. The fourth-order valence-corrected chi connectivity index (χ4v) is 2.95. The van der Waals surface area contributed by atoms with Gasteiger partial charge in [0.05, 0.1) is 0 Å². The van der Waals surface area contributed by atoms with Gasteiger partial charge in [0, 0.05) is 17.3 Å². The number of rotatable bonds is 1. The van der Waals surface area contributed by atoms with Gasteiger partial charge < -0.3 is 10.2 Å². The van der Waals surface area contributed by atoms with Gasteiger partial charge in [-0.25, -0.2) is 4.39 Å². The molecular weight excluding hydrogens is 229 g/mol. The van der Waals surface area contributed by atoms with Crippen LogP contribution in [0.5, 0.6) is 0 Å². The zero-order valence-corrected chi connectivity index (χ0v) is 10.5. The van der Waals surface area contributed by atoms with E-state index in [9.17, 15) is 4.39 Å². The summed E-state index contributed by atoms with van der Waals surface area (Å²) in [6.45, 7) is 2.25. The molecule has 0 radical (unpaired) electrons. The lowest BCUT2D eigenvalue weighted by Crippen LogP contribution is -2.33. The standard InChI is InChI=1S/C15H18FNO/c1-9-2-4-13(17)12(6-9)15-8-10-7-11(16)3-5-14(10)18-15/h3,5,7-9,12-13H,2,4,6,17H2,1H3. The summed E-state index contributed by atoms with van der Waals surface area (Å²) in [5, 5.41) is 0.829. The summed E-state index contributed by atoms with van der Waals surface area (Å²) in [5.74, 6) is 1.63. The van der Waals surface area contributed by atoms with Crippen LogP contribution in [-0.4, -0.2) is 6.04 Å². The summed E-state index contributed by atoms with van der Waals surface area (Å²) in [6, 6.07) is 6.73. The second kappa shape index (κ2) is 4.39. The summed E-state index contributed by atoms with van der Waals surface area (Å²) in [5.41, 5.74) is 6.94. The third kappa shape index (κ3) is 2.03. The van der Waals surface area contributed by atoms with Crippen LogP contribution in [-0.2, 0) is 0 Å². The molecule has 3 unspecified atom stereocenters. The Morgan fingerprint density at radius 2 is 2.11 bits per heavy atom. The summed E-state index contributed by atoms with van der Waals surface area (Å²) in [7, 11) is 0. The largest absolute Gasteiger partial charge is 0.461 e. The molecule has 2 nitrogen and oxygen atoms in total. The first-order valence-electron chi connectivity index (χ1n) is 6.58. The zero-order chi connectivity index (χ0) is 12.7. The highest BCUT2D eigenvalue weighted by Crippen LogP contribution is 2.37. The number of fused-ring (bicyclic) bond motifs is 1. The van der Waals surface area contributed by atoms with Crippen LogP contribution in [0.3, 0.4) is 0 Å². The lowest BCUT2D eigenvalue weighted by atomic mass is 9.78. The van der Waals surface area contributed by atoms with Crippen molar-refractivity contribution in [3.63, 3.8) is 0 Å². The van der Waals surface area contributed by atoms with Crippen molar-refractivity contribution in [1.29, 1.82) is 0 Å². The summed E-state index contributed by atoms with van der Waals surface area (Å²) in [6.07, 6.45) is 3.28. The molecule has 18 heavy (non-hydrogen) atoms. The quantitative estimate of drug-likeness (QED) is 0.832. The van der Waals surface area contributed by atoms with Crippen molar-refractivity contribution >= 4 is 11.0 Å². The Morgan fingerprint density at radius 1 is 1.28 bits per heavy atom. The maximum Gasteiger partial charge on any atom is 0.134 e. The molecule has 0 spiro atoms. The first-order valence-corrected chi connectivity index (χ1v) is 6.58. The van der Waals surface area contributed by atoms with Crippen LogP contribution in [0, 0.1) is 11.7 Å². The molecule has 0 bridgehead atoms. The van der Waals surface area contributed by atoms with Gasteiger partial charge in [0.25, 0.3) is 0 Å². The van der Waals surface area contributed by atoms with Gasteiger partial charge in [-0.2, -0.15) is 0 Å². The Balaban J connectivity index is 1.97. The van der Waals surface area contributed by atoms with E-state index in [0.717, 1.165) is 29.6 Å². The van der Waals surface area contributed by atoms with Crippen molar-refractivity contribution < 1.29 is 8.81 Å². The van der Waals surface area contributed by atoms with E-state index >= 15 is 0 Å². The highest BCUT2D eigenvalue weighted by Gasteiger charge is 2.29. The predicted octanol–water partition coefficient (Wildman–Crippen LogP) is 3.80. The topological polar surface area (TPSA) is 39.2 Å². The van der Waals surface area contributed by atoms with Crippen LogP contribution in [0.25, 0.3) is 11.0 Å². The molecule has 1 aromatic heterocycles. The van der Waals surface area contributed by atoms with Gasteiger partial charge in [-0.3, -0.25) is 0 Å². The van der Waals surface area contributed by atoms with Gasteiger partial charge in [-0.15, -0.1) is 0 Å². The summed E-state index contributed by atoms with van der Waals surface area (Å²) in [4.78, 5) is 0. The fourth-order valence-electron chi connectivity index (χ4n) is 2.95. The molecule has 0 amide bonds. The van der Waals surface area contributed by atoms with E-state index < -0.39 is 0 Å². The molecule has 1 saturated carbocycles. The van der Waals surface area contributed by atoms with Gasteiger partial charge in [0.2, 0.25) is 0 Å². The van der Waals surface area contributed by atoms with Crippen molar-refractivity contribution in [3.8, 4) is 0 Å². The average Bonchev–Trinajstić information content (AvgIpc) is 2.74. The Labute approximate surface area is 106 Å². The minimum atomic E-state index is -0.226. The zero-order valence-electron chi connectivity index (χ0n) is 10.5. The number of nitrogens with two attached hydrogens (primary N) is 1. The van der Waals surface area contributed by atoms with Crippen LogP contribution in [0.15, 0.2) is 28.7 Å². The normalized spacial score (nSPS) is 28.7. The molecule has 1 heterocycles. The SMILES string of the molecule is CC1CCC(N)C(c2cc3cc(F)ccc3o2)C1. The van der Waals surface area contributed by atoms with Crippen LogP contribution in [0.1, 0.15) is 37.9 Å². The van der Waals surface area contributed by atoms with Crippen molar-refractivity contribution in [2.24, 2.45) is 11.7 Å². The van der Waals surface area contributed by atoms with E-state index in [4.69, 9.17) is 10.2 Å². The molecule has 0 saturated heterocycles. The maximum absolute atomic E-state index is 13.2. The van der Waals surface area contributed by atoms with E-state index in [1.807, 2.05) is 6.07 Å². The first kappa shape index (κ1) is 11.7. The second-order valence-corrected chi connectivity index (χ2v) is 5.52. The lowest BCUT2D eigenvalue weighted by Gasteiger charge is -2.31. The van der Waals surface area contributed by atoms with Gasteiger partial charge in [0.1, 0.15) is 17.2 Å². The molecule has 2 aromatic rings. The lowest BCUT2D eigenvalue weighted by molar-refractivity contribution is 0.280. The molecule has 1 aliphatic carbocycles. The van der Waals surface area contributed by atoms with E-state index in [1.54, 1.807) is 6.07 Å². The van der Waals surface area contributed by atoms with Gasteiger partial charge in [0.15, 0.2) is 0 Å². The summed E-state index contributed by atoms with van der Waals surface area (Å²) < 4.78 is 19.0. The Kier molecular flexibility index (Phi) is 2.86. The summed E-state index contributed by atoms with van der Waals surface area (Å²) >= 11 is 0. The van der Waals surface area contributed by atoms with Crippen molar-refractivity contribution in [2.75, 3.05) is 0 Å². The molecule has 1 aliphatic rings. The van der Waals surface area contributed by atoms with Crippen LogP contribution < -0.4 is 5.73 Å². The number of furan rings is 1. The molecule has 3 rings (SSSR count). The molecule has 3 heteroatoms. The number of benzene rings is 1. The number of hydrogen-bond donors (Lipinski definition) is 1. The Bertz CT molecular complexity index is 563. The van der Waals surface area contributed by atoms with Gasteiger partial charge >= 0.3 is 0 Å². The third-order valence-electron chi connectivity index (χ3n) is 4.03. The van der Waals surface area contributed by atoms with Gasteiger partial charge in [-0.1, -0.05) is 6.92 Å². The minimum absolute atomic E-state index is 0.159. The highest BCUT2D eigenvalue weighted by atomic mass is 19.1. The fraction of sp³-hybridized carbons (Fsp3) is 0.467. The molecule has 0 aliphatic heterocycles. The third-order valence-corrected chi connectivity index (χ3v) is 4.03. The molecular formula is C15H18FNO. The second-order valence-electron chi connectivity index (χ2n) is 5.52. The van der Waals surface area contributed by atoms with Crippen molar-refractivity contribution in [2.45, 2.75) is 38.1 Å². The smallest absolute Gasteiger partial charge is 0.134 e. The van der Waals surface area contributed by atoms with Crippen molar-refractivity contribution in [1.82, 2.24) is 0 Å². The molecule has 1 fully saturated rings. The minimum Gasteiger partial charge on any atom is -0.461 e. The first-order chi connectivity index (χ1) is 8.63. The van der Waals surface area contributed by atoms with Crippen LogP contribution in [0.2, 0.25) is 0 Å². The molecule has 3 atom stereocenters. The van der Waals surface area contributed by atoms with Crippen LogP contribution in [0.4, 0.5) is 4.39 Å². The highest BCUT2D eigenvalue weighted by molar-refractivity contribution is 5.78. The Hall–Kier alpha value is -1.35. The van der Waals surface area contributed by atoms with Gasteiger partial charge in [-0.05, 0) is 49.4 Å². The van der Waals surface area contributed by atoms with E-state index in [0.29, 0.717) is 5.92 Å². The van der Waals surface area contributed by atoms with E-state index in [1.165, 1.54) is 18.6 Å². The Morgan fingerprint density at radius 3 is 2.94 bits per heavy atom. The molecule has 2 N–H and O–H groups in total. The molecule has 1 aromatic carbocycles. The number of halogens is 1. The van der Waals surface area contributed by atoms with Crippen LogP contribution >= 0.6 is 0 Å². The number of hydrogen-bond acceptors (Lipinski definition) is 2. The average molecular weight is 247 g/mol. The monoisotopic (exact) mass is 247 g/mol. The van der Waals surface area contributed by atoms with E-state index in [2.05, 4.69) is 6.92 Å².